The van der Waals surface area contributed by atoms with Crippen LogP contribution in [0.2, 0.25) is 0 Å². The maximum Gasteiger partial charge on any atom is 0.333 e. The lowest BCUT2D eigenvalue weighted by atomic mass is 10.2. The van der Waals surface area contributed by atoms with Gasteiger partial charge in [0.1, 0.15) is 0 Å². The predicted molar refractivity (Wildman–Crippen MR) is 45.2 cm³/mol. The monoisotopic (exact) mass is 154 g/mol. The third-order valence-corrected chi connectivity index (χ3v) is 1.12. The zero-order chi connectivity index (χ0) is 8.69. The minimum atomic E-state index is -0.313. The highest BCUT2D eigenvalue weighted by molar-refractivity contribution is 5.87. The molecule has 0 unspecified atom stereocenters. The molecule has 0 amide bonds. The van der Waals surface area contributed by atoms with Crippen LogP contribution in [0.3, 0.4) is 0 Å². The SMILES string of the molecule is C=CCC(=C)C(=O)OCCC. The number of allylic oxidation sites excluding steroid dienone is 1. The summed E-state index contributed by atoms with van der Waals surface area (Å²) in [5.41, 5.74) is 0.466. The van der Waals surface area contributed by atoms with Gasteiger partial charge in [-0.2, -0.15) is 0 Å². The first-order chi connectivity index (χ1) is 5.22. The lowest BCUT2D eigenvalue weighted by Crippen LogP contribution is -2.06. The van der Waals surface area contributed by atoms with Gasteiger partial charge in [0.2, 0.25) is 0 Å². The van der Waals surface area contributed by atoms with Gasteiger partial charge in [0, 0.05) is 5.57 Å². The van der Waals surface area contributed by atoms with Crippen molar-refractivity contribution < 1.29 is 9.53 Å². The van der Waals surface area contributed by atoms with Crippen molar-refractivity contribution in [3.63, 3.8) is 0 Å². The van der Waals surface area contributed by atoms with Gasteiger partial charge in [0.25, 0.3) is 0 Å². The van der Waals surface area contributed by atoms with Gasteiger partial charge in [-0.3, -0.25) is 0 Å². The minimum Gasteiger partial charge on any atom is -0.462 e. The molecule has 0 radical (unpaired) electrons. The molecule has 0 saturated heterocycles. The van der Waals surface area contributed by atoms with Crippen LogP contribution in [0.4, 0.5) is 0 Å². The van der Waals surface area contributed by atoms with E-state index < -0.39 is 0 Å². The van der Waals surface area contributed by atoms with Crippen LogP contribution in [0.1, 0.15) is 19.8 Å². The molecule has 0 aliphatic heterocycles. The molecule has 0 N–H and O–H groups in total. The van der Waals surface area contributed by atoms with Crippen molar-refractivity contribution in [3.8, 4) is 0 Å². The van der Waals surface area contributed by atoms with Crippen LogP contribution >= 0.6 is 0 Å². The van der Waals surface area contributed by atoms with Crippen LogP contribution in [0.15, 0.2) is 24.8 Å². The molecule has 0 bridgehead atoms. The standard InChI is InChI=1S/C9H14O2/c1-4-6-8(3)9(10)11-7-5-2/h4H,1,3,5-7H2,2H3. The van der Waals surface area contributed by atoms with Gasteiger partial charge in [0.05, 0.1) is 6.61 Å². The first-order valence-corrected chi connectivity index (χ1v) is 3.68. The van der Waals surface area contributed by atoms with E-state index in [4.69, 9.17) is 4.74 Å². The van der Waals surface area contributed by atoms with E-state index in [1.807, 2.05) is 6.92 Å². The highest BCUT2D eigenvalue weighted by Gasteiger charge is 2.04. The molecule has 2 heteroatoms. The van der Waals surface area contributed by atoms with Crippen molar-refractivity contribution in [2.45, 2.75) is 19.8 Å². The Morgan fingerprint density at radius 3 is 2.73 bits per heavy atom. The number of hydrogen-bond donors (Lipinski definition) is 0. The summed E-state index contributed by atoms with van der Waals surface area (Å²) in [7, 11) is 0. The minimum absolute atomic E-state index is 0.313. The van der Waals surface area contributed by atoms with Gasteiger partial charge < -0.3 is 4.74 Å². The maximum absolute atomic E-state index is 10.9. The van der Waals surface area contributed by atoms with E-state index in [1.165, 1.54) is 0 Å². The molecule has 0 aromatic heterocycles. The molecular weight excluding hydrogens is 140 g/mol. The van der Waals surface area contributed by atoms with Gasteiger partial charge in [-0.1, -0.05) is 19.6 Å². The second kappa shape index (κ2) is 5.71. The average Bonchev–Trinajstić information content (AvgIpc) is 2.00. The molecule has 0 aliphatic rings. The summed E-state index contributed by atoms with van der Waals surface area (Å²) in [6.07, 6.45) is 2.98. The molecule has 0 spiro atoms. The number of carbonyl (C=O) groups is 1. The van der Waals surface area contributed by atoms with Crippen molar-refractivity contribution >= 4 is 5.97 Å². The molecule has 0 saturated carbocycles. The summed E-state index contributed by atoms with van der Waals surface area (Å²) in [6, 6.07) is 0. The van der Waals surface area contributed by atoms with E-state index in [0.717, 1.165) is 6.42 Å². The second-order valence-electron chi connectivity index (χ2n) is 2.23. The highest BCUT2D eigenvalue weighted by Crippen LogP contribution is 2.01. The van der Waals surface area contributed by atoms with Crippen LogP contribution in [-0.4, -0.2) is 12.6 Å². The molecule has 0 rings (SSSR count). The van der Waals surface area contributed by atoms with E-state index >= 15 is 0 Å². The summed E-state index contributed by atoms with van der Waals surface area (Å²) in [4.78, 5) is 10.9. The van der Waals surface area contributed by atoms with Crippen molar-refractivity contribution in [3.05, 3.63) is 24.8 Å². The topological polar surface area (TPSA) is 26.3 Å². The van der Waals surface area contributed by atoms with E-state index in [-0.39, 0.29) is 5.97 Å². The summed E-state index contributed by atoms with van der Waals surface area (Å²) >= 11 is 0. The first kappa shape index (κ1) is 9.95. The molecule has 0 aromatic rings. The molecule has 2 nitrogen and oxygen atoms in total. The third-order valence-electron chi connectivity index (χ3n) is 1.12. The Morgan fingerprint density at radius 2 is 2.27 bits per heavy atom. The number of carbonyl (C=O) groups excluding carboxylic acids is 1. The molecule has 0 atom stereocenters. The lowest BCUT2D eigenvalue weighted by Gasteiger charge is -2.02. The fraction of sp³-hybridized carbons (Fsp3) is 0.444. The summed E-state index contributed by atoms with van der Waals surface area (Å²) in [5.74, 6) is -0.313. The number of rotatable bonds is 5. The highest BCUT2D eigenvalue weighted by atomic mass is 16.5. The van der Waals surface area contributed by atoms with Gasteiger partial charge in [-0.25, -0.2) is 4.79 Å². The third kappa shape index (κ3) is 4.37. The first-order valence-electron chi connectivity index (χ1n) is 3.68. The Labute approximate surface area is 67.6 Å². The second-order valence-corrected chi connectivity index (χ2v) is 2.23. The van der Waals surface area contributed by atoms with E-state index in [1.54, 1.807) is 6.08 Å². The van der Waals surface area contributed by atoms with Crippen LogP contribution in [-0.2, 0) is 9.53 Å². The van der Waals surface area contributed by atoms with Crippen molar-refractivity contribution in [1.29, 1.82) is 0 Å². The molecule has 0 heterocycles. The van der Waals surface area contributed by atoms with Gasteiger partial charge in [-0.15, -0.1) is 6.58 Å². The van der Waals surface area contributed by atoms with E-state index in [2.05, 4.69) is 13.2 Å². The molecular formula is C9H14O2. The zero-order valence-corrected chi connectivity index (χ0v) is 6.93. The van der Waals surface area contributed by atoms with E-state index in [9.17, 15) is 4.79 Å². The largest absolute Gasteiger partial charge is 0.462 e. The number of esters is 1. The average molecular weight is 154 g/mol. The molecule has 0 fully saturated rings. The molecule has 0 aliphatic carbocycles. The quantitative estimate of drug-likeness (QED) is 0.344. The summed E-state index contributed by atoms with van der Waals surface area (Å²) in [6.45, 7) is 9.46. The van der Waals surface area contributed by atoms with Crippen LogP contribution < -0.4 is 0 Å². The summed E-state index contributed by atoms with van der Waals surface area (Å²) < 4.78 is 4.82. The fourth-order valence-corrected chi connectivity index (χ4v) is 0.554. The van der Waals surface area contributed by atoms with Crippen molar-refractivity contribution in [2.24, 2.45) is 0 Å². The van der Waals surface area contributed by atoms with Gasteiger partial charge in [-0.05, 0) is 12.8 Å². The summed E-state index contributed by atoms with van der Waals surface area (Å²) in [5, 5.41) is 0. The fourth-order valence-electron chi connectivity index (χ4n) is 0.554. The number of ether oxygens (including phenoxy) is 1. The lowest BCUT2D eigenvalue weighted by molar-refractivity contribution is -0.139. The smallest absolute Gasteiger partial charge is 0.333 e. The molecule has 0 aromatic carbocycles. The molecule has 11 heavy (non-hydrogen) atoms. The Kier molecular flexibility index (Phi) is 5.17. The predicted octanol–water partition coefficient (Wildman–Crippen LogP) is 2.07. The Morgan fingerprint density at radius 1 is 1.64 bits per heavy atom. The van der Waals surface area contributed by atoms with E-state index in [0.29, 0.717) is 18.6 Å². The normalized spacial score (nSPS) is 8.82. The van der Waals surface area contributed by atoms with Crippen LogP contribution in [0.25, 0.3) is 0 Å². The Hall–Kier alpha value is -1.05. The van der Waals surface area contributed by atoms with Crippen LogP contribution in [0, 0.1) is 0 Å². The van der Waals surface area contributed by atoms with Gasteiger partial charge >= 0.3 is 5.97 Å². The zero-order valence-electron chi connectivity index (χ0n) is 6.93. The number of hydrogen-bond acceptors (Lipinski definition) is 2. The van der Waals surface area contributed by atoms with Crippen LogP contribution in [0.5, 0.6) is 0 Å². The Bertz CT molecular complexity index is 159. The molecule has 62 valence electrons. The van der Waals surface area contributed by atoms with Gasteiger partial charge in [0.15, 0.2) is 0 Å². The van der Waals surface area contributed by atoms with Crippen molar-refractivity contribution in [2.75, 3.05) is 6.61 Å². The van der Waals surface area contributed by atoms with Crippen molar-refractivity contribution in [1.82, 2.24) is 0 Å². The Balaban J connectivity index is 3.64. The maximum atomic E-state index is 10.9.